The van der Waals surface area contributed by atoms with Crippen LogP contribution >= 0.6 is 0 Å². The summed E-state index contributed by atoms with van der Waals surface area (Å²) in [7, 11) is 2.70. The van der Waals surface area contributed by atoms with Gasteiger partial charge in [-0.15, -0.1) is 0 Å². The molecule has 1 aromatic carbocycles. The number of hydrogen-bond donors (Lipinski definition) is 0. The van der Waals surface area contributed by atoms with Gasteiger partial charge in [0.2, 0.25) is 0 Å². The smallest absolute Gasteiger partial charge is 0.333 e. The van der Waals surface area contributed by atoms with Gasteiger partial charge in [0.15, 0.2) is 0 Å². The Morgan fingerprint density at radius 2 is 1.67 bits per heavy atom. The molecule has 8 nitrogen and oxygen atoms in total. The van der Waals surface area contributed by atoms with E-state index in [4.69, 9.17) is 4.74 Å². The molecule has 0 N–H and O–H groups in total. The second kappa shape index (κ2) is 9.05. The average Bonchev–Trinajstić information content (AvgIpc) is 3.00. The van der Waals surface area contributed by atoms with Crippen molar-refractivity contribution in [1.29, 1.82) is 0 Å². The summed E-state index contributed by atoms with van der Waals surface area (Å²) in [5.41, 5.74) is 2.91. The van der Waals surface area contributed by atoms with E-state index >= 15 is 0 Å². The summed E-state index contributed by atoms with van der Waals surface area (Å²) >= 11 is 0. The van der Waals surface area contributed by atoms with Gasteiger partial charge in [-0.25, -0.2) is 9.59 Å². The molecular weight excluding hydrogens is 422 g/mol. The van der Waals surface area contributed by atoms with E-state index in [2.05, 4.69) is 31.4 Å². The van der Waals surface area contributed by atoms with Gasteiger partial charge < -0.3 is 9.64 Å². The van der Waals surface area contributed by atoms with Crippen molar-refractivity contribution in [1.82, 2.24) is 9.80 Å². The molecular formula is C25H29N3O5. The number of fused-ring (bicyclic) bond motifs is 1. The van der Waals surface area contributed by atoms with Crippen molar-refractivity contribution in [2.45, 2.75) is 32.6 Å². The molecule has 1 aromatic rings. The summed E-state index contributed by atoms with van der Waals surface area (Å²) in [5.74, 6) is -1.69. The molecule has 0 radical (unpaired) electrons. The van der Waals surface area contributed by atoms with Gasteiger partial charge in [0.25, 0.3) is 11.8 Å². The van der Waals surface area contributed by atoms with E-state index in [9.17, 15) is 19.2 Å². The molecule has 0 atom stereocenters. The van der Waals surface area contributed by atoms with Crippen LogP contribution in [0, 0.1) is 0 Å². The molecule has 1 saturated heterocycles. The normalized spacial score (nSPS) is 18.7. The highest BCUT2D eigenvalue weighted by Gasteiger charge is 2.41. The number of carbonyl (C=O) groups is 4. The van der Waals surface area contributed by atoms with Crippen molar-refractivity contribution < 1.29 is 23.9 Å². The van der Waals surface area contributed by atoms with E-state index in [0.29, 0.717) is 18.5 Å². The molecule has 0 aliphatic carbocycles. The lowest BCUT2D eigenvalue weighted by molar-refractivity contribution is -0.139. The lowest BCUT2D eigenvalue weighted by Crippen LogP contribution is -2.53. The highest BCUT2D eigenvalue weighted by molar-refractivity contribution is 6.28. The molecule has 33 heavy (non-hydrogen) atoms. The fraction of sp³-hybridized carbons (Fsp3) is 0.360. The number of nitrogens with zero attached hydrogens (tertiary/aromatic N) is 3. The fourth-order valence-corrected chi connectivity index (χ4v) is 4.05. The van der Waals surface area contributed by atoms with Crippen LogP contribution in [0.3, 0.4) is 0 Å². The fourth-order valence-electron chi connectivity index (χ4n) is 4.05. The van der Waals surface area contributed by atoms with Gasteiger partial charge in [0, 0.05) is 43.0 Å². The van der Waals surface area contributed by atoms with Crippen LogP contribution in [-0.2, 0) is 24.5 Å². The van der Waals surface area contributed by atoms with Crippen molar-refractivity contribution in [3.8, 4) is 0 Å². The van der Waals surface area contributed by atoms with Gasteiger partial charge >= 0.3 is 12.0 Å². The Kier molecular flexibility index (Phi) is 6.58. The Hall–Kier alpha value is -3.68. The second-order valence-corrected chi connectivity index (χ2v) is 8.71. The first-order valence-electron chi connectivity index (χ1n) is 10.7. The first-order valence-corrected chi connectivity index (χ1v) is 10.7. The van der Waals surface area contributed by atoms with Crippen LogP contribution in [0.2, 0.25) is 0 Å². The van der Waals surface area contributed by atoms with E-state index in [-0.39, 0.29) is 12.2 Å². The third kappa shape index (κ3) is 4.33. The Bertz CT molecular complexity index is 1070. The molecule has 0 aromatic heterocycles. The van der Waals surface area contributed by atoms with E-state index in [1.807, 2.05) is 18.2 Å². The minimum Gasteiger partial charge on any atom is -0.462 e. The first kappa shape index (κ1) is 24.0. The molecule has 0 saturated carbocycles. The minimum absolute atomic E-state index is 0.0748. The zero-order valence-corrected chi connectivity index (χ0v) is 19.7. The molecule has 2 heterocycles. The summed E-state index contributed by atoms with van der Waals surface area (Å²) in [6.07, 6.45) is 3.83. The van der Waals surface area contributed by atoms with Crippen LogP contribution in [0.25, 0.3) is 0 Å². The zero-order valence-electron chi connectivity index (χ0n) is 19.7. The summed E-state index contributed by atoms with van der Waals surface area (Å²) in [5, 5.41) is 0. The van der Waals surface area contributed by atoms with E-state index < -0.39 is 29.2 Å². The number of anilines is 1. The molecule has 8 heteroatoms. The van der Waals surface area contributed by atoms with Gasteiger partial charge in [-0.3, -0.25) is 19.4 Å². The second-order valence-electron chi connectivity index (χ2n) is 8.71. The molecule has 0 bridgehead atoms. The maximum atomic E-state index is 12.6. The van der Waals surface area contributed by atoms with Crippen molar-refractivity contribution in [3.63, 3.8) is 0 Å². The third-order valence-corrected chi connectivity index (χ3v) is 5.96. The molecule has 174 valence electrons. The number of rotatable bonds is 6. The van der Waals surface area contributed by atoms with Gasteiger partial charge in [-0.05, 0) is 37.1 Å². The number of esters is 1. The molecule has 0 spiro atoms. The standard InChI is InChI=1S/C25H29N3O5/c1-16(2)23(31)33-15-9-14-28-19-11-8-7-10-18(19)25(3,4)20(28)13-12-17-21(29)26(5)24(32)27(6)22(17)30/h7-8,10-13H,1,9,14-15H2,2-6H3/b20-13+. The van der Waals surface area contributed by atoms with Crippen LogP contribution in [0.1, 0.15) is 32.8 Å². The number of allylic oxidation sites excluding steroid dienone is 3. The predicted molar refractivity (Wildman–Crippen MR) is 124 cm³/mol. The van der Waals surface area contributed by atoms with Crippen molar-refractivity contribution in [2.24, 2.45) is 0 Å². The van der Waals surface area contributed by atoms with Gasteiger partial charge in [-0.1, -0.05) is 38.6 Å². The quantitative estimate of drug-likeness (QED) is 0.286. The van der Waals surface area contributed by atoms with Crippen molar-refractivity contribution in [3.05, 3.63) is 65.4 Å². The number of hydrogen-bond acceptors (Lipinski definition) is 6. The number of likely N-dealkylation sites (N-methyl/N-ethyl adjacent to an activating group) is 2. The number of ether oxygens (including phenoxy) is 1. The number of benzene rings is 1. The number of carbonyl (C=O) groups excluding carboxylic acids is 4. The Morgan fingerprint density at radius 1 is 1.06 bits per heavy atom. The molecule has 0 unspecified atom stereocenters. The predicted octanol–water partition coefficient (Wildman–Crippen LogP) is 3.15. The number of urea groups is 1. The highest BCUT2D eigenvalue weighted by Crippen LogP contribution is 2.47. The van der Waals surface area contributed by atoms with Crippen LogP contribution in [0.15, 0.2) is 59.8 Å². The van der Waals surface area contributed by atoms with Crippen LogP contribution < -0.4 is 4.90 Å². The monoisotopic (exact) mass is 451 g/mol. The van der Waals surface area contributed by atoms with Gasteiger partial charge in [-0.2, -0.15) is 0 Å². The van der Waals surface area contributed by atoms with E-state index in [1.54, 1.807) is 13.0 Å². The Labute approximate surface area is 193 Å². The van der Waals surface area contributed by atoms with Crippen molar-refractivity contribution in [2.75, 3.05) is 32.1 Å². The topological polar surface area (TPSA) is 87.2 Å². The Balaban J connectivity index is 1.93. The summed E-state index contributed by atoms with van der Waals surface area (Å²) < 4.78 is 5.23. The summed E-state index contributed by atoms with van der Waals surface area (Å²) in [4.78, 5) is 52.8. The van der Waals surface area contributed by atoms with E-state index in [1.165, 1.54) is 20.2 Å². The van der Waals surface area contributed by atoms with Gasteiger partial charge in [0.1, 0.15) is 5.57 Å². The maximum absolute atomic E-state index is 12.6. The number of para-hydroxylation sites is 1. The lowest BCUT2D eigenvalue weighted by Gasteiger charge is -2.29. The SMILES string of the molecule is C=C(C)C(=O)OCCCN1/C(=C/C=C2C(=O)N(C)C(=O)N(C)C2=O)C(C)(C)c2ccccc21. The molecule has 3 rings (SSSR count). The highest BCUT2D eigenvalue weighted by atomic mass is 16.5. The first-order chi connectivity index (χ1) is 15.5. The zero-order chi connectivity index (χ0) is 24.5. The average molecular weight is 452 g/mol. The third-order valence-electron chi connectivity index (χ3n) is 5.96. The summed E-state index contributed by atoms with van der Waals surface area (Å²) in [6.45, 7) is 10.1. The minimum atomic E-state index is -0.658. The largest absolute Gasteiger partial charge is 0.462 e. The van der Waals surface area contributed by atoms with Crippen LogP contribution in [0.5, 0.6) is 0 Å². The van der Waals surface area contributed by atoms with Crippen LogP contribution in [0.4, 0.5) is 10.5 Å². The molecule has 4 amide bonds. The maximum Gasteiger partial charge on any atom is 0.333 e. The van der Waals surface area contributed by atoms with E-state index in [0.717, 1.165) is 26.7 Å². The van der Waals surface area contributed by atoms with Crippen molar-refractivity contribution >= 4 is 29.5 Å². The molecule has 2 aliphatic rings. The number of amides is 4. The summed E-state index contributed by atoms with van der Waals surface area (Å²) in [6, 6.07) is 7.33. The number of imide groups is 2. The lowest BCUT2D eigenvalue weighted by atomic mass is 9.83. The molecule has 2 aliphatic heterocycles. The Morgan fingerprint density at radius 3 is 2.27 bits per heavy atom. The van der Waals surface area contributed by atoms with Gasteiger partial charge in [0.05, 0.1) is 6.61 Å². The number of barbiturate groups is 1. The molecule has 1 fully saturated rings. The van der Waals surface area contributed by atoms with Crippen LogP contribution in [-0.4, -0.2) is 60.9 Å².